The van der Waals surface area contributed by atoms with Crippen molar-refractivity contribution in [2.24, 2.45) is 0 Å². The van der Waals surface area contributed by atoms with Gasteiger partial charge in [0.25, 0.3) is 0 Å². The van der Waals surface area contributed by atoms with Gasteiger partial charge in [0.15, 0.2) is 131 Å². The summed E-state index contributed by atoms with van der Waals surface area (Å²) in [7, 11) is -3.85. The minimum atomic E-state index is -5.90. The molecule has 0 aliphatic rings. The number of halogens is 30. The lowest BCUT2D eigenvalue weighted by Crippen LogP contribution is -2.82. The predicted molar refractivity (Wildman–Crippen MR) is 447 cm³/mol. The molecule has 0 aliphatic carbocycles. The molecule has 680 valence electrons. The fourth-order valence-electron chi connectivity index (χ4n) is 14.9. The molecule has 132 heavy (non-hydrogen) atoms. The van der Waals surface area contributed by atoms with Crippen LogP contribution in [0.4, 0.5) is 132 Å². The van der Waals surface area contributed by atoms with Crippen LogP contribution in [0.25, 0.3) is 0 Å². The van der Waals surface area contributed by atoms with Crippen molar-refractivity contribution in [3.05, 3.63) is 428 Å². The third-order valence-corrected chi connectivity index (χ3v) is 28.8. The Balaban J connectivity index is 0.000000175. The van der Waals surface area contributed by atoms with E-state index >= 15 is 52.7 Å². The Hall–Kier alpha value is -13.2. The number of nitrogens with one attached hydrogen (secondary N) is 2. The van der Waals surface area contributed by atoms with E-state index in [0.29, 0.717) is 0 Å². The van der Waals surface area contributed by atoms with Gasteiger partial charge in [-0.1, -0.05) is 146 Å². The Morgan fingerprint density at radius 2 is 0.371 bits per heavy atom. The third kappa shape index (κ3) is 18.5. The van der Waals surface area contributed by atoms with E-state index in [-0.39, 0.29) is 11.1 Å². The maximum Gasteiger partial charge on any atom is 0.200 e. The SMILES string of the molecule is CC(C)(C)N[P+](c1ccccc1)(c1ccccc1)c1ccccc1.CC(C)(C)[NH+]=P(c1ccccc1)(c1ccccc1)c1ccccc1.Fc1c(F)c(F)c([B-](C#Cc2ccccc2)(c2c(F)c(F)c(F)c(F)c2F)c2c(F)c(F)c(F)c(F)c2F)c(F)c1F.Fc1c(F)c(F)c([B-](C#Cc2ccccc2)(c2c(F)c(F)c(F)c(F)c2F)c2c(F)c(F)c(F)c(F)c2F)c(F)c1F. The molecule has 0 aliphatic heterocycles. The van der Waals surface area contributed by atoms with E-state index in [4.69, 9.17) is 0 Å². The Kier molecular flexibility index (Phi) is 30.0. The largest absolute Gasteiger partial charge is 0.291 e. The third-order valence-electron chi connectivity index (χ3n) is 20.3. The van der Waals surface area contributed by atoms with Crippen LogP contribution in [0.15, 0.2) is 243 Å². The Morgan fingerprint density at radius 1 is 0.220 bits per heavy atom. The van der Waals surface area contributed by atoms with Crippen molar-refractivity contribution in [1.29, 1.82) is 0 Å². The highest BCUT2D eigenvalue weighted by Crippen LogP contribution is 2.53. The number of rotatable bonds is 13. The van der Waals surface area contributed by atoms with E-state index in [2.05, 4.69) is 233 Å². The van der Waals surface area contributed by atoms with Gasteiger partial charge in [-0.3, -0.25) is 16.4 Å². The fraction of sp³-hybridized carbons (Fsp3) is 0.0833. The van der Waals surface area contributed by atoms with Crippen molar-refractivity contribution in [2.75, 3.05) is 0 Å². The molecule has 14 rings (SSSR count). The maximum atomic E-state index is 15.3. The Morgan fingerprint density at radius 3 is 0.530 bits per heavy atom. The molecule has 2 nitrogen and oxygen atoms in total. The van der Waals surface area contributed by atoms with Crippen molar-refractivity contribution in [3.8, 4) is 23.5 Å². The molecule has 0 radical (unpaired) electrons. The maximum absolute atomic E-state index is 15.3. The van der Waals surface area contributed by atoms with Gasteiger partial charge in [-0.15, -0.1) is 44.6 Å². The van der Waals surface area contributed by atoms with Crippen molar-refractivity contribution in [1.82, 2.24) is 5.09 Å². The molecule has 0 unspecified atom stereocenters. The van der Waals surface area contributed by atoms with E-state index in [9.17, 15) is 79.0 Å². The molecule has 0 heterocycles. The summed E-state index contributed by atoms with van der Waals surface area (Å²) in [5.74, 6) is -86.1. The second-order valence-electron chi connectivity index (χ2n) is 31.0. The van der Waals surface area contributed by atoms with Crippen LogP contribution in [0, 0.1) is 198 Å². The van der Waals surface area contributed by atoms with Gasteiger partial charge in [0, 0.05) is 32.6 Å². The van der Waals surface area contributed by atoms with Crippen LogP contribution in [0.5, 0.6) is 0 Å². The number of benzene rings is 14. The molecule has 0 fully saturated rings. The van der Waals surface area contributed by atoms with Gasteiger partial charge in [0.05, 0.1) is 0 Å². The standard InChI is InChI=1S/2C26H5BF15.C22H25NP.C22H24NP/c2*28-12-9(13(29)19(35)24(40)18(12)34)27(7-6-8-4-2-1-3-5-8,10-14(30)20(36)25(41)21(37)15(10)31)11-16(32)22(38)26(42)23(39)17(11)33;2*1-22(2,3)23-24(19-13-7-4-8-14-19,20-15-9-5-10-16-20)21-17-11-6-12-18-21/h2*1-5H;4-18,23H,1-3H3;4-18H,1-3H3/q2*-1;+1;/p+1. The summed E-state index contributed by atoms with van der Waals surface area (Å²) in [6.07, 6.45) is -11.8. The van der Waals surface area contributed by atoms with Crippen LogP contribution in [-0.2, 0) is 0 Å². The smallest absolute Gasteiger partial charge is 0.200 e. The normalized spacial score (nSPS) is 11.7. The zero-order valence-electron chi connectivity index (χ0n) is 68.5. The molecule has 14 aromatic carbocycles. The average molecular weight is 1900 g/mol. The van der Waals surface area contributed by atoms with E-state index in [1.807, 2.05) is 0 Å². The lowest BCUT2D eigenvalue weighted by Gasteiger charge is -2.39. The molecule has 36 heteroatoms. The lowest BCUT2D eigenvalue weighted by atomic mass is 9.15. The Bertz CT molecular complexity index is 5920. The molecule has 0 saturated carbocycles. The summed E-state index contributed by atoms with van der Waals surface area (Å²) in [4.78, 5) is 0. The van der Waals surface area contributed by atoms with Crippen molar-refractivity contribution in [2.45, 2.75) is 52.6 Å². The minimum Gasteiger partial charge on any atom is -0.291 e. The number of hydrogen-bond donors (Lipinski definition) is 2. The Labute approximate surface area is 734 Å². The zero-order chi connectivity index (χ0) is 96.9. The summed E-state index contributed by atoms with van der Waals surface area (Å²) in [5, 5.41) is 12.2. The summed E-state index contributed by atoms with van der Waals surface area (Å²) in [6, 6.07) is 76.3. The molecule has 0 saturated heterocycles. The molecule has 2 N–H and O–H groups in total. The first kappa shape index (κ1) is 99.4. The summed E-state index contributed by atoms with van der Waals surface area (Å²) >= 11 is 0. The first-order chi connectivity index (χ1) is 62.3. The highest BCUT2D eigenvalue weighted by molar-refractivity contribution is 7.94. The van der Waals surface area contributed by atoms with Crippen molar-refractivity contribution >= 4 is 91.4 Å². The summed E-state index contributed by atoms with van der Waals surface area (Å²) in [6.45, 7) is 13.5. The van der Waals surface area contributed by atoms with Crippen LogP contribution >= 0.6 is 14.5 Å². The molecule has 0 amide bonds. The van der Waals surface area contributed by atoms with Gasteiger partial charge in [-0.05, 0) is 139 Å². The number of hydrogen-bond acceptors (Lipinski definition) is 1. The van der Waals surface area contributed by atoms with Gasteiger partial charge in [0.1, 0.15) is 91.3 Å². The molecule has 0 bridgehead atoms. The molecular formula is C96H60B2F30N2P2. The predicted octanol–water partition coefficient (Wildman–Crippen LogP) is 19.0. The fourth-order valence-corrected chi connectivity index (χ4v) is 23.2. The van der Waals surface area contributed by atoms with E-state index in [1.165, 1.54) is 55.6 Å². The van der Waals surface area contributed by atoms with E-state index < -0.39 is 245 Å². The van der Waals surface area contributed by atoms with Crippen LogP contribution in [0.3, 0.4) is 0 Å². The molecular weight excluding hydrogens is 1830 g/mol. The van der Waals surface area contributed by atoms with Crippen LogP contribution < -0.4 is 74.4 Å². The first-order valence-electron chi connectivity index (χ1n) is 38.6. The quantitative estimate of drug-likeness (QED) is 0.0295. The van der Waals surface area contributed by atoms with E-state index in [1.54, 1.807) is 11.8 Å². The topological polar surface area (TPSA) is 26.0 Å². The van der Waals surface area contributed by atoms with Gasteiger partial charge < -0.3 is 0 Å². The molecule has 14 aromatic rings. The van der Waals surface area contributed by atoms with Gasteiger partial charge in [-0.25, -0.2) is 132 Å². The molecule has 0 spiro atoms. The summed E-state index contributed by atoms with van der Waals surface area (Å²) in [5.41, 5.74) is -17.6. The van der Waals surface area contributed by atoms with Gasteiger partial charge in [0.2, 0.25) is 0 Å². The van der Waals surface area contributed by atoms with Crippen molar-refractivity contribution in [3.63, 3.8) is 0 Å². The highest BCUT2D eigenvalue weighted by Gasteiger charge is 2.52. The average Bonchev–Trinajstić information content (AvgIpc) is 0.699. The van der Waals surface area contributed by atoms with E-state index in [0.717, 1.165) is 48.5 Å². The monoisotopic (exact) mass is 1890 g/mol. The van der Waals surface area contributed by atoms with Crippen LogP contribution in [-0.4, -0.2) is 23.4 Å². The van der Waals surface area contributed by atoms with Crippen molar-refractivity contribution < 1.29 is 136 Å². The summed E-state index contributed by atoms with van der Waals surface area (Å²) < 4.78 is 444. The van der Waals surface area contributed by atoms with Gasteiger partial charge >= 0.3 is 0 Å². The van der Waals surface area contributed by atoms with Gasteiger partial charge in [-0.2, -0.15) is 5.09 Å². The second-order valence-corrected chi connectivity index (χ2v) is 37.2. The first-order valence-corrected chi connectivity index (χ1v) is 42.1. The molecule has 0 atom stereocenters. The van der Waals surface area contributed by atoms with Crippen LogP contribution in [0.1, 0.15) is 52.7 Å². The second kappa shape index (κ2) is 39.9. The molecule has 0 aromatic heterocycles. The highest BCUT2D eigenvalue weighted by atomic mass is 31.2. The zero-order valence-corrected chi connectivity index (χ0v) is 70.3. The van der Waals surface area contributed by atoms with Crippen LogP contribution in [0.2, 0.25) is 0 Å². The minimum absolute atomic E-state index is 0.00466. The lowest BCUT2D eigenvalue weighted by molar-refractivity contribution is -0.517.